The summed E-state index contributed by atoms with van der Waals surface area (Å²) in [6.45, 7) is 4.37. The highest BCUT2D eigenvalue weighted by molar-refractivity contribution is 5.55. The molecule has 2 fully saturated rings. The van der Waals surface area contributed by atoms with E-state index < -0.39 is 0 Å². The third-order valence-corrected chi connectivity index (χ3v) is 7.25. The Morgan fingerprint density at radius 3 is 2.31 bits per heavy atom. The zero-order valence-electron chi connectivity index (χ0n) is 20.7. The monoisotopic (exact) mass is 482 g/mol. The zero-order chi connectivity index (χ0) is 24.2. The molecule has 188 valence electrons. The molecule has 3 aromatic rings. The van der Waals surface area contributed by atoms with Crippen LogP contribution in [0.5, 0.6) is 17.2 Å². The summed E-state index contributed by atoms with van der Waals surface area (Å²) in [5.74, 6) is 3.35. The lowest BCUT2D eigenvalue weighted by Gasteiger charge is -2.41. The number of ether oxygens (including phenoxy) is 3. The molecule has 0 bridgehead atoms. The minimum absolute atomic E-state index is 0.181. The third-order valence-electron chi connectivity index (χ3n) is 7.25. The van der Waals surface area contributed by atoms with Crippen LogP contribution < -0.4 is 14.2 Å². The second-order valence-electron chi connectivity index (χ2n) is 9.15. The van der Waals surface area contributed by atoms with Gasteiger partial charge in [-0.25, -0.2) is 4.68 Å². The predicted molar refractivity (Wildman–Crippen MR) is 129 cm³/mol. The summed E-state index contributed by atoms with van der Waals surface area (Å²) in [4.78, 5) is 5.11. The van der Waals surface area contributed by atoms with E-state index in [2.05, 4.69) is 25.3 Å². The summed E-state index contributed by atoms with van der Waals surface area (Å²) in [6, 6.07) is 8.35. The van der Waals surface area contributed by atoms with Crippen molar-refractivity contribution in [1.82, 2.24) is 30.0 Å². The van der Waals surface area contributed by atoms with E-state index in [1.165, 1.54) is 25.7 Å². The van der Waals surface area contributed by atoms with Gasteiger partial charge in [0, 0.05) is 32.2 Å². The number of furan rings is 1. The van der Waals surface area contributed by atoms with Crippen LogP contribution >= 0.6 is 0 Å². The minimum atomic E-state index is -0.181. The molecular weight excluding hydrogens is 448 g/mol. The van der Waals surface area contributed by atoms with Crippen LogP contribution in [-0.2, 0) is 6.54 Å². The van der Waals surface area contributed by atoms with Crippen LogP contribution in [0.15, 0.2) is 34.9 Å². The summed E-state index contributed by atoms with van der Waals surface area (Å²) in [6.07, 6.45) is 6.99. The van der Waals surface area contributed by atoms with Crippen molar-refractivity contribution in [2.45, 2.75) is 44.3 Å². The normalized spacial score (nSPS) is 18.6. The quantitative estimate of drug-likeness (QED) is 0.456. The minimum Gasteiger partial charge on any atom is -0.493 e. The van der Waals surface area contributed by atoms with Gasteiger partial charge >= 0.3 is 0 Å². The Labute approximate surface area is 205 Å². The maximum absolute atomic E-state index is 5.67. The molecule has 10 nitrogen and oxygen atoms in total. The molecule has 35 heavy (non-hydrogen) atoms. The summed E-state index contributed by atoms with van der Waals surface area (Å²) in [5, 5.41) is 12.8. The highest BCUT2D eigenvalue weighted by Crippen LogP contribution is 2.42. The first-order valence-corrected chi connectivity index (χ1v) is 12.3. The molecule has 2 aromatic heterocycles. The van der Waals surface area contributed by atoms with Gasteiger partial charge in [0.15, 0.2) is 17.3 Å². The Bertz CT molecular complexity index is 1060. The molecule has 1 saturated heterocycles. The number of rotatable bonds is 9. The Morgan fingerprint density at radius 2 is 1.71 bits per heavy atom. The molecule has 0 unspecified atom stereocenters. The van der Waals surface area contributed by atoms with Crippen molar-refractivity contribution in [1.29, 1.82) is 0 Å². The molecule has 0 amide bonds. The van der Waals surface area contributed by atoms with E-state index in [1.807, 2.05) is 28.9 Å². The van der Waals surface area contributed by atoms with Gasteiger partial charge in [-0.1, -0.05) is 12.8 Å². The molecule has 1 aliphatic heterocycles. The molecule has 3 heterocycles. The lowest BCUT2D eigenvalue weighted by Crippen LogP contribution is -2.51. The van der Waals surface area contributed by atoms with Crippen LogP contribution in [0.3, 0.4) is 0 Å². The zero-order valence-corrected chi connectivity index (χ0v) is 20.7. The van der Waals surface area contributed by atoms with E-state index in [0.717, 1.165) is 49.4 Å². The van der Waals surface area contributed by atoms with E-state index in [-0.39, 0.29) is 6.04 Å². The second-order valence-corrected chi connectivity index (χ2v) is 9.15. The first-order valence-electron chi connectivity index (χ1n) is 12.3. The van der Waals surface area contributed by atoms with Gasteiger partial charge in [0.1, 0.15) is 12.3 Å². The van der Waals surface area contributed by atoms with Crippen molar-refractivity contribution in [2.75, 3.05) is 47.5 Å². The van der Waals surface area contributed by atoms with Gasteiger partial charge in [-0.2, -0.15) is 0 Å². The van der Waals surface area contributed by atoms with E-state index in [1.54, 1.807) is 27.6 Å². The lowest BCUT2D eigenvalue weighted by molar-refractivity contribution is 0.0769. The number of piperazine rings is 1. The van der Waals surface area contributed by atoms with Gasteiger partial charge in [-0.05, 0) is 53.1 Å². The summed E-state index contributed by atoms with van der Waals surface area (Å²) >= 11 is 0. The molecule has 1 aliphatic carbocycles. The Morgan fingerprint density at radius 1 is 1.00 bits per heavy atom. The number of tetrazole rings is 1. The second kappa shape index (κ2) is 10.7. The number of nitrogens with zero attached hydrogens (tertiary/aromatic N) is 6. The summed E-state index contributed by atoms with van der Waals surface area (Å²) in [5.41, 5.74) is 0.990. The first-order chi connectivity index (χ1) is 17.2. The fraction of sp³-hybridized carbons (Fsp3) is 0.560. The van der Waals surface area contributed by atoms with Crippen molar-refractivity contribution >= 4 is 0 Å². The number of aromatic nitrogens is 4. The van der Waals surface area contributed by atoms with Crippen LogP contribution in [0.25, 0.3) is 0 Å². The summed E-state index contributed by atoms with van der Waals surface area (Å²) in [7, 11) is 4.89. The largest absolute Gasteiger partial charge is 0.493 e. The van der Waals surface area contributed by atoms with Crippen molar-refractivity contribution in [3.8, 4) is 17.2 Å². The molecule has 10 heteroatoms. The maximum atomic E-state index is 5.67. The van der Waals surface area contributed by atoms with E-state index in [9.17, 15) is 0 Å². The Hall–Kier alpha value is -3.11. The number of benzene rings is 1. The molecule has 1 aromatic carbocycles. The van der Waals surface area contributed by atoms with Crippen molar-refractivity contribution in [3.63, 3.8) is 0 Å². The topological polar surface area (TPSA) is 90.9 Å². The van der Waals surface area contributed by atoms with Crippen LogP contribution in [0, 0.1) is 0 Å². The van der Waals surface area contributed by atoms with Crippen molar-refractivity contribution in [3.05, 3.63) is 47.7 Å². The molecule has 1 atom stereocenters. The third kappa shape index (κ3) is 4.85. The van der Waals surface area contributed by atoms with Gasteiger partial charge in [-0.15, -0.1) is 5.10 Å². The molecule has 0 N–H and O–H groups in total. The molecule has 0 radical (unpaired) electrons. The first kappa shape index (κ1) is 23.6. The Balaban J connectivity index is 1.50. The Kier molecular flexibility index (Phi) is 7.19. The van der Waals surface area contributed by atoms with Gasteiger partial charge < -0.3 is 18.6 Å². The highest BCUT2D eigenvalue weighted by atomic mass is 16.5. The maximum Gasteiger partial charge on any atom is 0.203 e. The number of methoxy groups -OCH3 is 3. The number of hydrogen-bond acceptors (Lipinski definition) is 9. The highest BCUT2D eigenvalue weighted by Gasteiger charge is 2.34. The summed E-state index contributed by atoms with van der Waals surface area (Å²) < 4.78 is 24.3. The predicted octanol–water partition coefficient (Wildman–Crippen LogP) is 2.99. The lowest BCUT2D eigenvalue weighted by atomic mass is 10.0. The number of hydrogen-bond donors (Lipinski definition) is 0. The fourth-order valence-corrected chi connectivity index (χ4v) is 5.48. The van der Waals surface area contributed by atoms with E-state index >= 15 is 0 Å². The average Bonchev–Trinajstić information content (AvgIpc) is 3.68. The van der Waals surface area contributed by atoms with Gasteiger partial charge in [-0.3, -0.25) is 9.80 Å². The van der Waals surface area contributed by atoms with Crippen LogP contribution in [-0.4, -0.2) is 83.6 Å². The van der Waals surface area contributed by atoms with Gasteiger partial charge in [0.25, 0.3) is 0 Å². The molecule has 2 aliphatic rings. The van der Waals surface area contributed by atoms with Crippen molar-refractivity contribution < 1.29 is 18.6 Å². The molecule has 1 saturated carbocycles. The standard InChI is InChI=1S/C25H34N6O4/c1-32-21-15-18(16-22(33-2)24(21)34-3)23(25-26-27-28-31(25)17-20-9-6-14-35-20)30-12-10-29(11-13-30)19-7-4-5-8-19/h6,9,14-16,19,23H,4-5,7-8,10-13,17H2,1-3H3/t23-/m1/s1. The molecular formula is C25H34N6O4. The van der Waals surface area contributed by atoms with E-state index in [0.29, 0.717) is 23.8 Å². The van der Waals surface area contributed by atoms with Crippen molar-refractivity contribution in [2.24, 2.45) is 0 Å². The fourth-order valence-electron chi connectivity index (χ4n) is 5.48. The smallest absolute Gasteiger partial charge is 0.203 e. The average molecular weight is 483 g/mol. The van der Waals surface area contributed by atoms with E-state index in [4.69, 9.17) is 18.6 Å². The van der Waals surface area contributed by atoms with Crippen LogP contribution in [0.2, 0.25) is 0 Å². The SMILES string of the molecule is COc1cc([C@H](c2nnnn2Cc2ccco2)N2CCN(C3CCCC3)CC2)cc(OC)c1OC. The van der Waals surface area contributed by atoms with Crippen LogP contribution in [0.4, 0.5) is 0 Å². The van der Waals surface area contributed by atoms with Gasteiger partial charge in [0.2, 0.25) is 5.75 Å². The van der Waals surface area contributed by atoms with Crippen LogP contribution in [0.1, 0.15) is 48.9 Å². The molecule has 0 spiro atoms. The van der Waals surface area contributed by atoms with Gasteiger partial charge in [0.05, 0.1) is 33.6 Å². The molecule has 5 rings (SSSR count).